The Morgan fingerprint density at radius 1 is 1.32 bits per heavy atom. The Bertz CT molecular complexity index is 690. The number of methoxy groups -OCH3 is 2. The average Bonchev–Trinajstić information content (AvgIpc) is 2.87. The third kappa shape index (κ3) is 3.16. The Kier molecular flexibility index (Phi) is 4.85. The van der Waals surface area contributed by atoms with Crippen molar-refractivity contribution in [2.45, 2.75) is 25.4 Å². The zero-order valence-corrected chi connectivity index (χ0v) is 14.8. The van der Waals surface area contributed by atoms with E-state index in [9.17, 15) is 14.7 Å². The first-order valence-electron chi connectivity index (χ1n) is 8.41. The summed E-state index contributed by atoms with van der Waals surface area (Å²) in [6.45, 7) is 2.16. The fourth-order valence-electron chi connectivity index (χ4n) is 4.08. The number of hydrogen-bond acceptors (Lipinski definition) is 5. The molecule has 2 saturated heterocycles. The number of benzene rings is 1. The lowest BCUT2D eigenvalue weighted by molar-refractivity contribution is -0.127. The predicted molar refractivity (Wildman–Crippen MR) is 91.1 cm³/mol. The summed E-state index contributed by atoms with van der Waals surface area (Å²) in [5, 5.41) is 9.64. The van der Waals surface area contributed by atoms with Crippen molar-refractivity contribution >= 4 is 11.9 Å². The maximum atomic E-state index is 11.9. The van der Waals surface area contributed by atoms with Crippen molar-refractivity contribution in [2.75, 3.05) is 34.4 Å². The summed E-state index contributed by atoms with van der Waals surface area (Å²) in [6, 6.07) is 3.83. The number of ether oxygens (including phenoxy) is 2. The van der Waals surface area contributed by atoms with Gasteiger partial charge in [0.15, 0.2) is 11.5 Å². The molecule has 0 unspecified atom stereocenters. The lowest BCUT2D eigenvalue weighted by Crippen LogP contribution is -2.44. The quantitative estimate of drug-likeness (QED) is 0.868. The number of carbonyl (C=O) groups excluding carboxylic acids is 1. The zero-order valence-electron chi connectivity index (χ0n) is 14.8. The minimum atomic E-state index is -1.03. The van der Waals surface area contributed by atoms with E-state index >= 15 is 0 Å². The van der Waals surface area contributed by atoms with Gasteiger partial charge in [0, 0.05) is 45.1 Å². The second kappa shape index (κ2) is 6.92. The van der Waals surface area contributed by atoms with Crippen LogP contribution in [0.1, 0.15) is 28.8 Å². The van der Waals surface area contributed by atoms with Gasteiger partial charge in [-0.1, -0.05) is 6.07 Å². The Morgan fingerprint density at radius 3 is 2.72 bits per heavy atom. The summed E-state index contributed by atoms with van der Waals surface area (Å²) in [5.74, 6) is 0.147. The number of aromatic carboxylic acids is 1. The van der Waals surface area contributed by atoms with Crippen LogP contribution >= 0.6 is 0 Å². The maximum absolute atomic E-state index is 11.9. The summed E-state index contributed by atoms with van der Waals surface area (Å²) in [7, 11) is 4.81. The molecule has 7 heteroatoms. The van der Waals surface area contributed by atoms with Crippen LogP contribution in [0, 0.1) is 5.92 Å². The third-order valence-corrected chi connectivity index (χ3v) is 5.35. The van der Waals surface area contributed by atoms with Crippen molar-refractivity contribution in [3.05, 3.63) is 23.3 Å². The SMILES string of the molecule is COc1ccc(CN2CC[C@H]3[C@H](CC(=O)N3C)C2)c(C(=O)O)c1OC. The monoisotopic (exact) mass is 348 g/mol. The minimum absolute atomic E-state index is 0.142. The van der Waals surface area contributed by atoms with Crippen molar-refractivity contribution < 1.29 is 24.2 Å². The molecule has 2 fully saturated rings. The Morgan fingerprint density at radius 2 is 2.08 bits per heavy atom. The molecule has 1 amide bonds. The van der Waals surface area contributed by atoms with Gasteiger partial charge in [-0.3, -0.25) is 9.69 Å². The molecule has 0 aromatic heterocycles. The van der Waals surface area contributed by atoms with Crippen molar-refractivity contribution in [1.29, 1.82) is 0 Å². The molecule has 2 heterocycles. The van der Waals surface area contributed by atoms with E-state index in [1.807, 2.05) is 11.9 Å². The van der Waals surface area contributed by atoms with Crippen LogP contribution in [0.15, 0.2) is 12.1 Å². The van der Waals surface area contributed by atoms with Gasteiger partial charge in [0.2, 0.25) is 5.91 Å². The molecule has 2 aliphatic heterocycles. The van der Waals surface area contributed by atoms with E-state index in [0.29, 0.717) is 36.2 Å². The topological polar surface area (TPSA) is 79.3 Å². The van der Waals surface area contributed by atoms with E-state index < -0.39 is 5.97 Å². The van der Waals surface area contributed by atoms with Gasteiger partial charge in [-0.25, -0.2) is 4.79 Å². The summed E-state index contributed by atoms with van der Waals surface area (Å²) in [6.07, 6.45) is 1.50. The molecule has 0 saturated carbocycles. The number of hydrogen-bond donors (Lipinski definition) is 1. The van der Waals surface area contributed by atoms with E-state index in [1.165, 1.54) is 14.2 Å². The van der Waals surface area contributed by atoms with Gasteiger partial charge in [-0.05, 0) is 18.1 Å². The lowest BCUT2D eigenvalue weighted by atomic mass is 9.92. The summed E-state index contributed by atoms with van der Waals surface area (Å²) in [4.78, 5) is 27.8. The molecule has 25 heavy (non-hydrogen) atoms. The number of carboxylic acids is 1. The van der Waals surface area contributed by atoms with E-state index in [4.69, 9.17) is 9.47 Å². The van der Waals surface area contributed by atoms with Gasteiger partial charge >= 0.3 is 5.97 Å². The number of piperidine rings is 1. The van der Waals surface area contributed by atoms with Crippen LogP contribution in [0.25, 0.3) is 0 Å². The molecular formula is C18H24N2O5. The van der Waals surface area contributed by atoms with Gasteiger partial charge in [0.05, 0.1) is 14.2 Å². The van der Waals surface area contributed by atoms with Gasteiger partial charge in [-0.2, -0.15) is 0 Å². The molecule has 0 bridgehead atoms. The Balaban J connectivity index is 1.82. The molecule has 1 aromatic carbocycles. The van der Waals surface area contributed by atoms with Crippen molar-refractivity contribution in [3.63, 3.8) is 0 Å². The van der Waals surface area contributed by atoms with Gasteiger partial charge in [-0.15, -0.1) is 0 Å². The summed E-state index contributed by atoms with van der Waals surface area (Å²) >= 11 is 0. The second-order valence-corrected chi connectivity index (χ2v) is 6.70. The van der Waals surface area contributed by atoms with Crippen molar-refractivity contribution in [2.24, 2.45) is 5.92 Å². The highest BCUT2D eigenvalue weighted by Gasteiger charge is 2.41. The van der Waals surface area contributed by atoms with Crippen LogP contribution in [0.2, 0.25) is 0 Å². The number of amides is 1. The molecule has 2 aliphatic rings. The number of carboxylic acid groups (broad SMARTS) is 1. The Labute approximate surface area is 147 Å². The first-order valence-corrected chi connectivity index (χ1v) is 8.41. The van der Waals surface area contributed by atoms with Gasteiger partial charge in [0.25, 0.3) is 0 Å². The number of nitrogens with zero attached hydrogens (tertiary/aromatic N) is 2. The number of fused-ring (bicyclic) bond motifs is 1. The van der Waals surface area contributed by atoms with Gasteiger partial charge < -0.3 is 19.5 Å². The largest absolute Gasteiger partial charge is 0.493 e. The highest BCUT2D eigenvalue weighted by molar-refractivity contribution is 5.93. The summed E-state index contributed by atoms with van der Waals surface area (Å²) in [5.41, 5.74) is 0.838. The molecule has 2 atom stereocenters. The van der Waals surface area contributed by atoms with Gasteiger partial charge in [0.1, 0.15) is 5.56 Å². The minimum Gasteiger partial charge on any atom is -0.493 e. The molecule has 3 rings (SSSR count). The molecular weight excluding hydrogens is 324 g/mol. The van der Waals surface area contributed by atoms with Crippen LogP contribution in [0.5, 0.6) is 11.5 Å². The lowest BCUT2D eigenvalue weighted by Gasteiger charge is -2.36. The van der Waals surface area contributed by atoms with Crippen LogP contribution in [0.4, 0.5) is 0 Å². The first-order chi connectivity index (χ1) is 12.0. The van der Waals surface area contributed by atoms with Crippen LogP contribution in [-0.2, 0) is 11.3 Å². The smallest absolute Gasteiger partial charge is 0.339 e. The highest BCUT2D eigenvalue weighted by Crippen LogP contribution is 2.36. The first kappa shape index (κ1) is 17.5. The molecule has 0 radical (unpaired) electrons. The molecule has 0 spiro atoms. The molecule has 7 nitrogen and oxygen atoms in total. The number of likely N-dealkylation sites (tertiary alicyclic amines) is 2. The van der Waals surface area contributed by atoms with E-state index in [2.05, 4.69) is 4.90 Å². The third-order valence-electron chi connectivity index (χ3n) is 5.35. The van der Waals surface area contributed by atoms with E-state index in [0.717, 1.165) is 19.5 Å². The fraction of sp³-hybridized carbons (Fsp3) is 0.556. The number of carbonyl (C=O) groups is 2. The standard InChI is InChI=1S/C18H24N2O5/c1-19-13-6-7-20(10-12(13)8-15(19)21)9-11-4-5-14(24-2)17(25-3)16(11)18(22)23/h4-5,12-13H,6-10H2,1-3H3,(H,22,23)/t12-,13+/m1/s1. The van der Waals surface area contributed by atoms with Crippen LogP contribution < -0.4 is 9.47 Å². The zero-order chi connectivity index (χ0) is 18.1. The number of rotatable bonds is 5. The second-order valence-electron chi connectivity index (χ2n) is 6.70. The normalized spacial score (nSPS) is 23.5. The van der Waals surface area contributed by atoms with E-state index in [1.54, 1.807) is 12.1 Å². The van der Waals surface area contributed by atoms with Crippen LogP contribution in [-0.4, -0.2) is 67.2 Å². The predicted octanol–water partition coefficient (Wildman–Crippen LogP) is 1.45. The van der Waals surface area contributed by atoms with E-state index in [-0.39, 0.29) is 17.2 Å². The molecule has 0 aliphatic carbocycles. The molecule has 1 N–H and O–H groups in total. The Hall–Kier alpha value is -2.28. The van der Waals surface area contributed by atoms with Crippen LogP contribution in [0.3, 0.4) is 0 Å². The maximum Gasteiger partial charge on any atom is 0.339 e. The fourth-order valence-corrected chi connectivity index (χ4v) is 4.08. The average molecular weight is 348 g/mol. The molecule has 1 aromatic rings. The summed E-state index contributed by atoms with van der Waals surface area (Å²) < 4.78 is 10.5. The molecule has 136 valence electrons. The highest BCUT2D eigenvalue weighted by atomic mass is 16.5. The van der Waals surface area contributed by atoms with Crippen molar-refractivity contribution in [3.8, 4) is 11.5 Å². The van der Waals surface area contributed by atoms with Crippen molar-refractivity contribution in [1.82, 2.24) is 9.80 Å².